The number of fused-ring (bicyclic) bond motifs is 1. The molecule has 2 aromatic carbocycles. The third kappa shape index (κ3) is 3.01. The zero-order valence-electron chi connectivity index (χ0n) is 13.0. The number of benzene rings is 2. The number of halogens is 2. The van der Waals surface area contributed by atoms with Crippen molar-refractivity contribution < 1.29 is 17.9 Å². The highest BCUT2D eigenvalue weighted by atomic mass is 35.5. The third-order valence-electron chi connectivity index (χ3n) is 4.22. The maximum atomic E-state index is 13.7. The molecule has 0 bridgehead atoms. The van der Waals surface area contributed by atoms with Gasteiger partial charge in [-0.1, -0.05) is 17.7 Å². The number of aliphatic hydroxyl groups is 1. The lowest BCUT2D eigenvalue weighted by Gasteiger charge is -2.39. The molecule has 2 atom stereocenters. The molecule has 0 fully saturated rings. The second-order valence-electron chi connectivity index (χ2n) is 5.87. The highest BCUT2D eigenvalue weighted by molar-refractivity contribution is 7.92. The standard InChI is InChI=1S/C17H17ClFNO3S/c1-11(21)16-9-3-12-2-6-14(19)10-17(12)20(16)24(22,23)15-7-4-13(18)5-8-15/h2,4-8,10-11,16,21H,3,9H2,1H3. The Morgan fingerprint density at radius 2 is 1.92 bits per heavy atom. The molecule has 2 unspecified atom stereocenters. The molecule has 3 rings (SSSR count). The average Bonchev–Trinajstić information content (AvgIpc) is 2.53. The first-order chi connectivity index (χ1) is 11.3. The van der Waals surface area contributed by atoms with E-state index in [0.29, 0.717) is 17.9 Å². The summed E-state index contributed by atoms with van der Waals surface area (Å²) in [5, 5.41) is 10.5. The minimum Gasteiger partial charge on any atom is -0.391 e. The van der Waals surface area contributed by atoms with Gasteiger partial charge < -0.3 is 5.11 Å². The third-order valence-corrected chi connectivity index (χ3v) is 6.33. The van der Waals surface area contributed by atoms with Crippen molar-refractivity contribution >= 4 is 27.3 Å². The smallest absolute Gasteiger partial charge is 0.264 e. The summed E-state index contributed by atoms with van der Waals surface area (Å²) < 4.78 is 41.2. The number of sulfonamides is 1. The fourth-order valence-electron chi connectivity index (χ4n) is 3.02. The molecule has 0 aliphatic carbocycles. The molecule has 0 radical (unpaired) electrons. The van der Waals surface area contributed by atoms with Crippen molar-refractivity contribution in [3.8, 4) is 0 Å². The lowest BCUT2D eigenvalue weighted by molar-refractivity contribution is 0.159. The maximum Gasteiger partial charge on any atom is 0.264 e. The summed E-state index contributed by atoms with van der Waals surface area (Å²) in [5.74, 6) is -0.517. The summed E-state index contributed by atoms with van der Waals surface area (Å²) in [7, 11) is -3.96. The summed E-state index contributed by atoms with van der Waals surface area (Å²) in [5.41, 5.74) is 1.02. The van der Waals surface area contributed by atoms with E-state index >= 15 is 0 Å². The van der Waals surface area contributed by atoms with Crippen LogP contribution in [0.25, 0.3) is 0 Å². The van der Waals surface area contributed by atoms with Crippen LogP contribution in [0.4, 0.5) is 10.1 Å². The Hall–Kier alpha value is -1.63. The van der Waals surface area contributed by atoms with Crippen LogP contribution in [0.2, 0.25) is 5.02 Å². The van der Waals surface area contributed by atoms with Gasteiger partial charge in [-0.05, 0) is 61.7 Å². The minimum absolute atomic E-state index is 0.0506. The van der Waals surface area contributed by atoms with E-state index in [0.717, 1.165) is 9.87 Å². The molecule has 7 heteroatoms. The summed E-state index contributed by atoms with van der Waals surface area (Å²) in [6, 6.07) is 9.25. The summed E-state index contributed by atoms with van der Waals surface area (Å²) in [4.78, 5) is 0.0506. The van der Waals surface area contributed by atoms with Crippen molar-refractivity contribution in [1.29, 1.82) is 0 Å². The lowest BCUT2D eigenvalue weighted by atomic mass is 9.95. The van der Waals surface area contributed by atoms with Crippen molar-refractivity contribution in [2.75, 3.05) is 4.31 Å². The Balaban J connectivity index is 2.18. The minimum atomic E-state index is -3.96. The summed E-state index contributed by atoms with van der Waals surface area (Å²) >= 11 is 5.83. The molecule has 1 N–H and O–H groups in total. The average molecular weight is 370 g/mol. The van der Waals surface area contributed by atoms with Gasteiger partial charge >= 0.3 is 0 Å². The fourth-order valence-corrected chi connectivity index (χ4v) is 4.92. The molecular formula is C17H17ClFNO3S. The van der Waals surface area contributed by atoms with Crippen LogP contribution in [0.3, 0.4) is 0 Å². The van der Waals surface area contributed by atoms with Crippen molar-refractivity contribution in [1.82, 2.24) is 0 Å². The molecule has 1 aliphatic heterocycles. The van der Waals surface area contributed by atoms with Gasteiger partial charge in [0.05, 0.1) is 22.7 Å². The summed E-state index contributed by atoms with van der Waals surface area (Å²) in [6.45, 7) is 1.54. The molecule has 0 saturated carbocycles. The van der Waals surface area contributed by atoms with E-state index in [-0.39, 0.29) is 10.6 Å². The Morgan fingerprint density at radius 3 is 2.54 bits per heavy atom. The van der Waals surface area contributed by atoms with E-state index in [1.807, 2.05) is 0 Å². The van der Waals surface area contributed by atoms with Gasteiger partial charge in [0.25, 0.3) is 10.0 Å². The largest absolute Gasteiger partial charge is 0.391 e. The number of hydrogen-bond donors (Lipinski definition) is 1. The molecule has 128 valence electrons. The first-order valence-corrected chi connectivity index (χ1v) is 9.39. The van der Waals surface area contributed by atoms with Gasteiger partial charge in [-0.2, -0.15) is 0 Å². The quantitative estimate of drug-likeness (QED) is 0.902. The van der Waals surface area contributed by atoms with Gasteiger partial charge in [-0.25, -0.2) is 12.8 Å². The molecule has 4 nitrogen and oxygen atoms in total. The topological polar surface area (TPSA) is 57.6 Å². The van der Waals surface area contributed by atoms with Gasteiger partial charge in [0.1, 0.15) is 5.82 Å². The van der Waals surface area contributed by atoms with E-state index < -0.39 is 28.0 Å². The van der Waals surface area contributed by atoms with Crippen LogP contribution in [0.5, 0.6) is 0 Å². The SMILES string of the molecule is CC(O)C1CCc2ccc(F)cc2N1S(=O)(=O)c1ccc(Cl)cc1. The number of anilines is 1. The van der Waals surface area contributed by atoms with Crippen molar-refractivity contribution in [2.24, 2.45) is 0 Å². The van der Waals surface area contributed by atoms with Gasteiger partial charge in [0.2, 0.25) is 0 Å². The second kappa shape index (κ2) is 6.35. The number of aryl methyl sites for hydroxylation is 1. The fraction of sp³-hybridized carbons (Fsp3) is 0.294. The maximum absolute atomic E-state index is 13.7. The van der Waals surface area contributed by atoms with Gasteiger partial charge in [-0.3, -0.25) is 4.31 Å². The Labute approximate surface area is 145 Å². The second-order valence-corrected chi connectivity index (χ2v) is 8.13. The van der Waals surface area contributed by atoms with E-state index in [2.05, 4.69) is 0 Å². The highest BCUT2D eigenvalue weighted by Crippen LogP contribution is 2.37. The zero-order valence-corrected chi connectivity index (χ0v) is 14.6. The van der Waals surface area contributed by atoms with E-state index in [1.54, 1.807) is 13.0 Å². The Kier molecular flexibility index (Phi) is 4.55. The van der Waals surface area contributed by atoms with Crippen LogP contribution >= 0.6 is 11.6 Å². The Bertz CT molecular complexity index is 853. The first-order valence-electron chi connectivity index (χ1n) is 7.57. The van der Waals surface area contributed by atoms with Crippen molar-refractivity contribution in [3.05, 3.63) is 58.9 Å². The molecule has 1 heterocycles. The Morgan fingerprint density at radius 1 is 1.25 bits per heavy atom. The molecule has 1 aliphatic rings. The molecule has 0 aromatic heterocycles. The predicted molar refractivity (Wildman–Crippen MR) is 91.3 cm³/mol. The molecule has 24 heavy (non-hydrogen) atoms. The number of hydrogen-bond acceptors (Lipinski definition) is 3. The number of aliphatic hydroxyl groups excluding tert-OH is 1. The first kappa shape index (κ1) is 17.2. The van der Waals surface area contributed by atoms with E-state index in [4.69, 9.17) is 11.6 Å². The van der Waals surface area contributed by atoms with E-state index in [1.165, 1.54) is 36.4 Å². The van der Waals surface area contributed by atoms with Gasteiger partial charge in [-0.15, -0.1) is 0 Å². The monoisotopic (exact) mass is 369 g/mol. The van der Waals surface area contributed by atoms with Crippen molar-refractivity contribution in [2.45, 2.75) is 36.8 Å². The van der Waals surface area contributed by atoms with Crippen LogP contribution in [-0.4, -0.2) is 25.7 Å². The van der Waals surface area contributed by atoms with Gasteiger partial charge in [0, 0.05) is 5.02 Å². The van der Waals surface area contributed by atoms with Gasteiger partial charge in [0.15, 0.2) is 0 Å². The van der Waals surface area contributed by atoms with Crippen LogP contribution in [0, 0.1) is 5.82 Å². The van der Waals surface area contributed by atoms with Crippen LogP contribution in [0.1, 0.15) is 18.9 Å². The number of rotatable bonds is 3. The zero-order chi connectivity index (χ0) is 17.5. The van der Waals surface area contributed by atoms with Crippen LogP contribution in [-0.2, 0) is 16.4 Å². The predicted octanol–water partition coefficient (Wildman–Crippen LogP) is 3.37. The molecular weight excluding hydrogens is 353 g/mol. The molecule has 0 saturated heterocycles. The van der Waals surface area contributed by atoms with E-state index in [9.17, 15) is 17.9 Å². The molecule has 0 amide bonds. The highest BCUT2D eigenvalue weighted by Gasteiger charge is 2.38. The normalized spacial score (nSPS) is 19.0. The van der Waals surface area contributed by atoms with Crippen LogP contribution in [0.15, 0.2) is 47.4 Å². The lowest BCUT2D eigenvalue weighted by Crippen LogP contribution is -2.49. The summed E-state index contributed by atoms with van der Waals surface area (Å²) in [6.07, 6.45) is 0.157. The molecule has 2 aromatic rings. The number of nitrogens with zero attached hydrogens (tertiary/aromatic N) is 1. The molecule has 0 spiro atoms. The van der Waals surface area contributed by atoms with Crippen LogP contribution < -0.4 is 4.31 Å². The van der Waals surface area contributed by atoms with Crippen molar-refractivity contribution in [3.63, 3.8) is 0 Å².